The highest BCUT2D eigenvalue weighted by Crippen LogP contribution is 2.26. The summed E-state index contributed by atoms with van der Waals surface area (Å²) in [6.45, 7) is 0. The Bertz CT molecular complexity index is 863. The first-order chi connectivity index (χ1) is 10.5. The maximum absolute atomic E-state index is 13.2. The summed E-state index contributed by atoms with van der Waals surface area (Å²) in [5, 5.41) is 3.74. The van der Waals surface area contributed by atoms with Crippen LogP contribution in [-0.4, -0.2) is 10.9 Å². The van der Waals surface area contributed by atoms with Crippen LogP contribution in [0.25, 0.3) is 10.9 Å². The first kappa shape index (κ1) is 14.4. The van der Waals surface area contributed by atoms with Gasteiger partial charge in [0.25, 0.3) is 5.91 Å². The Hall–Kier alpha value is -2.53. The minimum Gasteiger partial charge on any atom is -0.320 e. The zero-order chi connectivity index (χ0) is 15.7. The van der Waals surface area contributed by atoms with Crippen LogP contribution in [0, 0.1) is 11.6 Å². The van der Waals surface area contributed by atoms with Crippen LogP contribution in [0.3, 0.4) is 0 Å². The van der Waals surface area contributed by atoms with E-state index in [9.17, 15) is 13.6 Å². The molecule has 0 bridgehead atoms. The second-order valence-electron chi connectivity index (χ2n) is 4.64. The highest BCUT2D eigenvalue weighted by molar-refractivity contribution is 6.32. The van der Waals surface area contributed by atoms with Gasteiger partial charge in [0, 0.05) is 28.2 Å². The molecule has 0 unspecified atom stereocenters. The Kier molecular flexibility index (Phi) is 3.73. The van der Waals surface area contributed by atoms with Crippen molar-refractivity contribution in [2.75, 3.05) is 5.32 Å². The smallest absolute Gasteiger partial charge is 0.255 e. The van der Waals surface area contributed by atoms with Gasteiger partial charge in [0.1, 0.15) is 11.6 Å². The van der Waals surface area contributed by atoms with Crippen molar-refractivity contribution in [2.45, 2.75) is 0 Å². The number of anilines is 1. The molecule has 1 amide bonds. The molecular formula is C16H9ClF2N2O. The summed E-state index contributed by atoms with van der Waals surface area (Å²) in [7, 11) is 0. The van der Waals surface area contributed by atoms with Crippen LogP contribution in [0.4, 0.5) is 14.5 Å². The number of carbonyl (C=O) groups is 1. The van der Waals surface area contributed by atoms with Crippen molar-refractivity contribution in [3.63, 3.8) is 0 Å². The number of nitrogens with one attached hydrogen (secondary N) is 1. The maximum atomic E-state index is 13.2. The third-order valence-electron chi connectivity index (χ3n) is 3.04. The molecule has 3 rings (SSSR count). The second kappa shape index (κ2) is 5.69. The molecule has 3 aromatic rings. The highest BCUT2D eigenvalue weighted by Gasteiger charge is 2.12. The summed E-state index contributed by atoms with van der Waals surface area (Å²) in [5.41, 5.74) is 0.788. The lowest BCUT2D eigenvalue weighted by Gasteiger charge is -2.09. The fourth-order valence-corrected chi connectivity index (χ4v) is 2.36. The SMILES string of the molecule is O=C(Nc1cc(Cl)cc2cccnc12)c1cc(F)cc(F)c1. The number of nitrogens with zero attached hydrogens (tertiary/aromatic N) is 1. The summed E-state index contributed by atoms with van der Waals surface area (Å²) in [5.74, 6) is -2.29. The number of rotatable bonds is 2. The lowest BCUT2D eigenvalue weighted by molar-refractivity contribution is 0.102. The zero-order valence-corrected chi connectivity index (χ0v) is 11.9. The van der Waals surface area contributed by atoms with Crippen molar-refractivity contribution in [1.29, 1.82) is 0 Å². The van der Waals surface area contributed by atoms with Crippen molar-refractivity contribution >= 4 is 34.1 Å². The van der Waals surface area contributed by atoms with E-state index in [2.05, 4.69) is 10.3 Å². The number of halogens is 3. The molecule has 6 heteroatoms. The predicted octanol–water partition coefficient (Wildman–Crippen LogP) is 4.42. The van der Waals surface area contributed by atoms with Gasteiger partial charge in [0.05, 0.1) is 11.2 Å². The van der Waals surface area contributed by atoms with Crippen molar-refractivity contribution in [3.8, 4) is 0 Å². The van der Waals surface area contributed by atoms with Crippen LogP contribution in [0.15, 0.2) is 48.7 Å². The lowest BCUT2D eigenvalue weighted by atomic mass is 10.1. The summed E-state index contributed by atoms with van der Waals surface area (Å²) < 4.78 is 26.4. The Labute approximate surface area is 129 Å². The quantitative estimate of drug-likeness (QED) is 0.760. The molecule has 1 heterocycles. The van der Waals surface area contributed by atoms with E-state index in [-0.39, 0.29) is 5.56 Å². The Morgan fingerprint density at radius 3 is 2.55 bits per heavy atom. The molecule has 0 radical (unpaired) electrons. The van der Waals surface area contributed by atoms with Crippen LogP contribution in [0.1, 0.15) is 10.4 Å². The number of amides is 1. The van der Waals surface area contributed by atoms with Gasteiger partial charge in [-0.3, -0.25) is 9.78 Å². The van der Waals surface area contributed by atoms with E-state index in [1.54, 1.807) is 24.4 Å². The van der Waals surface area contributed by atoms with Gasteiger partial charge in [0.15, 0.2) is 0 Å². The van der Waals surface area contributed by atoms with E-state index >= 15 is 0 Å². The monoisotopic (exact) mass is 318 g/mol. The Balaban J connectivity index is 2.00. The van der Waals surface area contributed by atoms with E-state index in [0.29, 0.717) is 22.3 Å². The molecule has 0 spiro atoms. The molecule has 22 heavy (non-hydrogen) atoms. The minimum absolute atomic E-state index is 0.124. The van der Waals surface area contributed by atoms with Crippen molar-refractivity contribution < 1.29 is 13.6 Å². The van der Waals surface area contributed by atoms with Gasteiger partial charge in [-0.25, -0.2) is 8.78 Å². The predicted molar refractivity (Wildman–Crippen MR) is 81.1 cm³/mol. The molecule has 0 aliphatic rings. The summed E-state index contributed by atoms with van der Waals surface area (Å²) in [6, 6.07) is 9.40. The molecule has 0 aliphatic carbocycles. The lowest BCUT2D eigenvalue weighted by Crippen LogP contribution is -2.13. The largest absolute Gasteiger partial charge is 0.320 e. The minimum atomic E-state index is -0.820. The molecule has 0 saturated carbocycles. The van der Waals surface area contributed by atoms with Gasteiger partial charge in [-0.2, -0.15) is 0 Å². The van der Waals surface area contributed by atoms with Crippen LogP contribution < -0.4 is 5.32 Å². The highest BCUT2D eigenvalue weighted by atomic mass is 35.5. The standard InChI is InChI=1S/C16H9ClF2N2O/c17-11-4-9-2-1-3-20-15(9)14(7-11)21-16(22)10-5-12(18)8-13(19)6-10/h1-8H,(H,21,22). The average molecular weight is 319 g/mol. The third-order valence-corrected chi connectivity index (χ3v) is 3.26. The Morgan fingerprint density at radius 1 is 1.09 bits per heavy atom. The van der Waals surface area contributed by atoms with Gasteiger partial charge < -0.3 is 5.32 Å². The molecular weight excluding hydrogens is 310 g/mol. The number of carbonyl (C=O) groups excluding carboxylic acids is 1. The second-order valence-corrected chi connectivity index (χ2v) is 5.08. The van der Waals surface area contributed by atoms with Crippen molar-refractivity contribution in [2.24, 2.45) is 0 Å². The molecule has 2 aromatic carbocycles. The molecule has 110 valence electrons. The van der Waals surface area contributed by atoms with Gasteiger partial charge >= 0.3 is 0 Å². The molecule has 0 atom stereocenters. The molecule has 0 aliphatic heterocycles. The fourth-order valence-electron chi connectivity index (χ4n) is 2.13. The average Bonchev–Trinajstić information content (AvgIpc) is 2.46. The van der Waals surface area contributed by atoms with Crippen LogP contribution in [0.2, 0.25) is 5.02 Å². The first-order valence-corrected chi connectivity index (χ1v) is 6.72. The van der Waals surface area contributed by atoms with Gasteiger partial charge in [-0.05, 0) is 30.3 Å². The van der Waals surface area contributed by atoms with Crippen LogP contribution >= 0.6 is 11.6 Å². The van der Waals surface area contributed by atoms with Crippen LogP contribution in [-0.2, 0) is 0 Å². The third kappa shape index (κ3) is 2.89. The van der Waals surface area contributed by atoms with Gasteiger partial charge in [-0.1, -0.05) is 17.7 Å². The number of hydrogen-bond donors (Lipinski definition) is 1. The van der Waals surface area contributed by atoms with Crippen molar-refractivity contribution in [1.82, 2.24) is 4.98 Å². The Morgan fingerprint density at radius 2 is 1.82 bits per heavy atom. The fraction of sp³-hybridized carbons (Fsp3) is 0. The van der Waals surface area contributed by atoms with E-state index in [0.717, 1.165) is 17.5 Å². The number of pyridine rings is 1. The summed E-state index contributed by atoms with van der Waals surface area (Å²) in [6.07, 6.45) is 1.58. The molecule has 1 aromatic heterocycles. The first-order valence-electron chi connectivity index (χ1n) is 6.34. The number of fused-ring (bicyclic) bond motifs is 1. The molecule has 0 saturated heterocycles. The van der Waals surface area contributed by atoms with E-state index in [1.165, 1.54) is 6.07 Å². The van der Waals surface area contributed by atoms with E-state index < -0.39 is 17.5 Å². The summed E-state index contributed by atoms with van der Waals surface area (Å²) in [4.78, 5) is 16.3. The summed E-state index contributed by atoms with van der Waals surface area (Å²) >= 11 is 6.00. The van der Waals surface area contributed by atoms with E-state index in [4.69, 9.17) is 11.6 Å². The van der Waals surface area contributed by atoms with E-state index in [1.807, 2.05) is 0 Å². The van der Waals surface area contributed by atoms with Gasteiger partial charge in [-0.15, -0.1) is 0 Å². The molecule has 3 nitrogen and oxygen atoms in total. The van der Waals surface area contributed by atoms with Crippen molar-refractivity contribution in [3.05, 3.63) is 70.9 Å². The number of hydrogen-bond acceptors (Lipinski definition) is 2. The maximum Gasteiger partial charge on any atom is 0.255 e. The topological polar surface area (TPSA) is 42.0 Å². The number of benzene rings is 2. The molecule has 0 fully saturated rings. The van der Waals surface area contributed by atoms with Crippen LogP contribution in [0.5, 0.6) is 0 Å². The zero-order valence-electron chi connectivity index (χ0n) is 11.1. The molecule has 1 N–H and O–H groups in total. The van der Waals surface area contributed by atoms with Gasteiger partial charge in [0.2, 0.25) is 0 Å². The normalized spacial score (nSPS) is 10.7. The number of aromatic nitrogens is 1.